The molecule has 1 aromatic rings. The molecule has 3 N–H and O–H groups in total. The molecule has 0 radical (unpaired) electrons. The molecule has 0 aliphatic rings. The Morgan fingerprint density at radius 3 is 2.53 bits per heavy atom. The molecule has 0 bridgehead atoms. The number of nitrogens with two attached hydrogens (primary N) is 1. The van der Waals surface area contributed by atoms with E-state index >= 15 is 0 Å². The van der Waals surface area contributed by atoms with Crippen molar-refractivity contribution in [3.63, 3.8) is 0 Å². The van der Waals surface area contributed by atoms with E-state index in [1.807, 2.05) is 44.2 Å². The molecule has 1 aromatic carbocycles. The molecule has 0 saturated carbocycles. The number of carbonyl (C=O) groups is 1. The van der Waals surface area contributed by atoms with E-state index in [1.54, 1.807) is 6.92 Å². The smallest absolute Gasteiger partial charge is 0.260 e. The molecular weight excluding hydrogens is 216 g/mol. The minimum Gasteiger partial charge on any atom is -0.481 e. The van der Waals surface area contributed by atoms with Gasteiger partial charge in [0.15, 0.2) is 6.10 Å². The maximum atomic E-state index is 11.7. The van der Waals surface area contributed by atoms with Gasteiger partial charge >= 0.3 is 0 Å². The second-order valence-corrected chi connectivity index (χ2v) is 4.78. The summed E-state index contributed by atoms with van der Waals surface area (Å²) >= 11 is 0. The first-order chi connectivity index (χ1) is 7.88. The Hall–Kier alpha value is -1.55. The van der Waals surface area contributed by atoms with Crippen molar-refractivity contribution in [1.82, 2.24) is 5.32 Å². The summed E-state index contributed by atoms with van der Waals surface area (Å²) in [5.74, 6) is 0.523. The van der Waals surface area contributed by atoms with Crippen LogP contribution in [0, 0.1) is 0 Å². The average molecular weight is 236 g/mol. The first-order valence-electron chi connectivity index (χ1n) is 5.67. The van der Waals surface area contributed by atoms with Crippen LogP contribution in [0.25, 0.3) is 0 Å². The van der Waals surface area contributed by atoms with E-state index < -0.39 is 11.6 Å². The zero-order chi connectivity index (χ0) is 12.9. The molecule has 94 valence electrons. The van der Waals surface area contributed by atoms with Crippen molar-refractivity contribution < 1.29 is 9.53 Å². The van der Waals surface area contributed by atoms with Gasteiger partial charge in [-0.15, -0.1) is 0 Å². The second kappa shape index (κ2) is 5.68. The van der Waals surface area contributed by atoms with Gasteiger partial charge in [0.05, 0.1) is 0 Å². The molecule has 1 amide bonds. The van der Waals surface area contributed by atoms with Crippen LogP contribution in [0.5, 0.6) is 5.75 Å². The molecule has 0 aliphatic heterocycles. The quantitative estimate of drug-likeness (QED) is 0.810. The predicted molar refractivity (Wildman–Crippen MR) is 67.8 cm³/mol. The van der Waals surface area contributed by atoms with Crippen molar-refractivity contribution in [3.05, 3.63) is 30.3 Å². The number of carbonyl (C=O) groups excluding carboxylic acids is 1. The fourth-order valence-corrected chi connectivity index (χ4v) is 1.22. The number of rotatable bonds is 5. The molecule has 1 rings (SSSR count). The maximum Gasteiger partial charge on any atom is 0.260 e. The SMILES string of the molecule is CC(Oc1ccccc1)C(=O)NCC(C)(C)N. The Morgan fingerprint density at radius 2 is 2.00 bits per heavy atom. The van der Waals surface area contributed by atoms with Gasteiger partial charge in [-0.3, -0.25) is 4.79 Å². The number of hydrogen-bond donors (Lipinski definition) is 2. The third-order valence-corrected chi connectivity index (χ3v) is 2.14. The third-order valence-electron chi connectivity index (χ3n) is 2.14. The number of amides is 1. The summed E-state index contributed by atoms with van der Waals surface area (Å²) < 4.78 is 5.49. The van der Waals surface area contributed by atoms with Crippen molar-refractivity contribution in [1.29, 1.82) is 0 Å². The summed E-state index contributed by atoms with van der Waals surface area (Å²) in [6.07, 6.45) is -0.528. The Kier molecular flexibility index (Phi) is 4.52. The van der Waals surface area contributed by atoms with Gasteiger partial charge in [0, 0.05) is 12.1 Å². The predicted octanol–water partition coefficient (Wildman–Crippen LogP) is 1.31. The minimum absolute atomic E-state index is 0.160. The highest BCUT2D eigenvalue weighted by atomic mass is 16.5. The molecular formula is C13H20N2O2. The van der Waals surface area contributed by atoms with Crippen molar-refractivity contribution in [2.75, 3.05) is 6.54 Å². The molecule has 4 heteroatoms. The van der Waals surface area contributed by atoms with E-state index in [2.05, 4.69) is 5.32 Å². The molecule has 0 aliphatic carbocycles. The highest BCUT2D eigenvalue weighted by molar-refractivity contribution is 5.80. The van der Waals surface area contributed by atoms with Crippen LogP contribution in [0.15, 0.2) is 30.3 Å². The van der Waals surface area contributed by atoms with Crippen molar-refractivity contribution in [2.45, 2.75) is 32.4 Å². The standard InChI is InChI=1S/C13H20N2O2/c1-10(12(16)15-9-13(2,3)14)17-11-7-5-4-6-8-11/h4-8,10H,9,14H2,1-3H3,(H,15,16). The van der Waals surface area contributed by atoms with E-state index in [0.717, 1.165) is 0 Å². The molecule has 17 heavy (non-hydrogen) atoms. The monoisotopic (exact) mass is 236 g/mol. The molecule has 0 fully saturated rings. The van der Waals surface area contributed by atoms with E-state index in [-0.39, 0.29) is 5.91 Å². The normalized spacial score (nSPS) is 12.9. The summed E-state index contributed by atoms with van der Waals surface area (Å²) in [6.45, 7) is 5.85. The second-order valence-electron chi connectivity index (χ2n) is 4.78. The average Bonchev–Trinajstić information content (AvgIpc) is 2.26. The lowest BCUT2D eigenvalue weighted by Gasteiger charge is -2.21. The molecule has 0 saturated heterocycles. The highest BCUT2D eigenvalue weighted by Crippen LogP contribution is 2.10. The third kappa shape index (κ3) is 5.36. The maximum absolute atomic E-state index is 11.7. The zero-order valence-corrected chi connectivity index (χ0v) is 10.6. The number of benzene rings is 1. The zero-order valence-electron chi connectivity index (χ0n) is 10.6. The van der Waals surface area contributed by atoms with Gasteiger partial charge in [-0.05, 0) is 32.9 Å². The Balaban J connectivity index is 2.43. The number of hydrogen-bond acceptors (Lipinski definition) is 3. The van der Waals surface area contributed by atoms with Crippen molar-refractivity contribution >= 4 is 5.91 Å². The molecule has 4 nitrogen and oxygen atoms in total. The van der Waals surface area contributed by atoms with Gasteiger partial charge in [-0.2, -0.15) is 0 Å². The van der Waals surface area contributed by atoms with Crippen LogP contribution >= 0.6 is 0 Å². The molecule has 0 aromatic heterocycles. The Morgan fingerprint density at radius 1 is 1.41 bits per heavy atom. The Bertz CT molecular complexity index is 357. The van der Waals surface area contributed by atoms with Crippen LogP contribution < -0.4 is 15.8 Å². The van der Waals surface area contributed by atoms with Crippen LogP contribution in [-0.2, 0) is 4.79 Å². The molecule has 0 heterocycles. The number of para-hydroxylation sites is 1. The first kappa shape index (κ1) is 13.5. The van der Waals surface area contributed by atoms with E-state index in [0.29, 0.717) is 12.3 Å². The van der Waals surface area contributed by atoms with Crippen LogP contribution in [-0.4, -0.2) is 24.1 Å². The van der Waals surface area contributed by atoms with E-state index in [1.165, 1.54) is 0 Å². The summed E-state index contributed by atoms with van der Waals surface area (Å²) in [7, 11) is 0. The Labute approximate surface area is 102 Å². The largest absolute Gasteiger partial charge is 0.481 e. The van der Waals surface area contributed by atoms with Gasteiger partial charge in [0.1, 0.15) is 5.75 Å². The highest BCUT2D eigenvalue weighted by Gasteiger charge is 2.17. The topological polar surface area (TPSA) is 64.3 Å². The molecule has 0 spiro atoms. The van der Waals surface area contributed by atoms with Crippen LogP contribution in [0.2, 0.25) is 0 Å². The molecule has 1 atom stereocenters. The number of ether oxygens (including phenoxy) is 1. The van der Waals surface area contributed by atoms with Crippen molar-refractivity contribution in [2.24, 2.45) is 5.73 Å². The summed E-state index contributed by atoms with van der Waals surface area (Å²) in [4.78, 5) is 11.7. The lowest BCUT2D eigenvalue weighted by Crippen LogP contribution is -2.48. The van der Waals surface area contributed by atoms with E-state index in [9.17, 15) is 4.79 Å². The van der Waals surface area contributed by atoms with Crippen LogP contribution in [0.1, 0.15) is 20.8 Å². The summed E-state index contributed by atoms with van der Waals surface area (Å²) in [5.41, 5.74) is 5.37. The van der Waals surface area contributed by atoms with Gasteiger partial charge < -0.3 is 15.8 Å². The summed E-state index contributed by atoms with van der Waals surface area (Å²) in [5, 5.41) is 2.75. The first-order valence-corrected chi connectivity index (χ1v) is 5.67. The molecule has 1 unspecified atom stereocenters. The minimum atomic E-state index is -0.528. The summed E-state index contributed by atoms with van der Waals surface area (Å²) in [6, 6.07) is 9.26. The van der Waals surface area contributed by atoms with Crippen molar-refractivity contribution in [3.8, 4) is 5.75 Å². The lowest BCUT2D eigenvalue weighted by atomic mass is 10.1. The van der Waals surface area contributed by atoms with E-state index in [4.69, 9.17) is 10.5 Å². The van der Waals surface area contributed by atoms with Gasteiger partial charge in [-0.1, -0.05) is 18.2 Å². The van der Waals surface area contributed by atoms with Crippen LogP contribution in [0.3, 0.4) is 0 Å². The fraction of sp³-hybridized carbons (Fsp3) is 0.462. The van der Waals surface area contributed by atoms with Gasteiger partial charge in [0.25, 0.3) is 5.91 Å². The van der Waals surface area contributed by atoms with Gasteiger partial charge in [0.2, 0.25) is 0 Å². The van der Waals surface area contributed by atoms with Gasteiger partial charge in [-0.25, -0.2) is 0 Å². The van der Waals surface area contributed by atoms with Crippen LogP contribution in [0.4, 0.5) is 0 Å². The lowest BCUT2D eigenvalue weighted by molar-refractivity contribution is -0.127. The fourth-order valence-electron chi connectivity index (χ4n) is 1.22. The number of nitrogens with one attached hydrogen (secondary N) is 1.